The van der Waals surface area contributed by atoms with Crippen LogP contribution in [0.5, 0.6) is 0 Å². The second-order valence-corrected chi connectivity index (χ2v) is 6.67. The lowest BCUT2D eigenvalue weighted by molar-refractivity contribution is -0.137. The summed E-state index contributed by atoms with van der Waals surface area (Å²) in [6, 6.07) is 7.30. The first-order valence-corrected chi connectivity index (χ1v) is 8.54. The molecule has 0 radical (unpaired) electrons. The highest BCUT2D eigenvalue weighted by molar-refractivity contribution is 6.31. The summed E-state index contributed by atoms with van der Waals surface area (Å²) in [5.41, 5.74) is -1.80. The molecule has 0 saturated heterocycles. The van der Waals surface area contributed by atoms with Crippen molar-refractivity contribution < 1.29 is 22.4 Å². The number of pyridine rings is 1. The van der Waals surface area contributed by atoms with Crippen molar-refractivity contribution in [2.24, 2.45) is 0 Å². The van der Waals surface area contributed by atoms with Crippen molar-refractivity contribution in [3.8, 4) is 0 Å². The SMILES string of the molecule is O=C(Nc1ccc(C(F)(F)F)cc1)C1=CC[C@](F)(c2ncccc2Cl)CC1. The molecule has 1 aliphatic carbocycles. The molecule has 0 fully saturated rings. The Labute approximate surface area is 158 Å². The van der Waals surface area contributed by atoms with E-state index >= 15 is 4.39 Å². The van der Waals surface area contributed by atoms with Crippen LogP contribution in [0, 0.1) is 0 Å². The monoisotopic (exact) mass is 398 g/mol. The van der Waals surface area contributed by atoms with Crippen molar-refractivity contribution in [2.45, 2.75) is 31.1 Å². The summed E-state index contributed by atoms with van der Waals surface area (Å²) in [6.07, 6.45) is -1.36. The molecule has 0 unspecified atom stereocenters. The van der Waals surface area contributed by atoms with E-state index in [1.54, 1.807) is 12.1 Å². The van der Waals surface area contributed by atoms with Gasteiger partial charge < -0.3 is 5.32 Å². The van der Waals surface area contributed by atoms with Crippen LogP contribution in [0.25, 0.3) is 0 Å². The number of benzene rings is 1. The predicted octanol–water partition coefficient (Wildman–Crippen LogP) is 5.67. The summed E-state index contributed by atoms with van der Waals surface area (Å²) in [6.45, 7) is 0. The van der Waals surface area contributed by atoms with E-state index in [1.165, 1.54) is 24.4 Å². The van der Waals surface area contributed by atoms with Gasteiger partial charge in [0.2, 0.25) is 0 Å². The number of hydrogen-bond acceptors (Lipinski definition) is 2. The number of alkyl halides is 4. The van der Waals surface area contributed by atoms with Gasteiger partial charge in [-0.2, -0.15) is 13.2 Å². The molecule has 1 heterocycles. The van der Waals surface area contributed by atoms with Crippen molar-refractivity contribution in [1.29, 1.82) is 0 Å². The maximum atomic E-state index is 15.2. The van der Waals surface area contributed by atoms with Gasteiger partial charge in [0.1, 0.15) is 0 Å². The highest BCUT2D eigenvalue weighted by Crippen LogP contribution is 2.41. The highest BCUT2D eigenvalue weighted by atomic mass is 35.5. The molecule has 1 aromatic heterocycles. The van der Waals surface area contributed by atoms with E-state index < -0.39 is 23.3 Å². The average molecular weight is 399 g/mol. The molecule has 8 heteroatoms. The molecule has 0 aliphatic heterocycles. The molecular formula is C19H15ClF4N2O. The molecule has 3 nitrogen and oxygen atoms in total. The number of aromatic nitrogens is 1. The highest BCUT2D eigenvalue weighted by Gasteiger charge is 2.38. The third-order valence-corrected chi connectivity index (χ3v) is 4.71. The molecule has 1 amide bonds. The lowest BCUT2D eigenvalue weighted by Crippen LogP contribution is -2.27. The fraction of sp³-hybridized carbons (Fsp3) is 0.263. The minimum absolute atomic E-state index is 0.0377. The number of amides is 1. The van der Waals surface area contributed by atoms with Crippen molar-refractivity contribution >= 4 is 23.2 Å². The fourth-order valence-electron chi connectivity index (χ4n) is 2.91. The summed E-state index contributed by atoms with van der Waals surface area (Å²) in [5.74, 6) is -0.469. The zero-order valence-electron chi connectivity index (χ0n) is 14.0. The quantitative estimate of drug-likeness (QED) is 0.677. The Bertz CT molecular complexity index is 880. The van der Waals surface area contributed by atoms with Gasteiger partial charge in [0.25, 0.3) is 5.91 Å². The Morgan fingerprint density at radius 2 is 1.89 bits per heavy atom. The van der Waals surface area contributed by atoms with Crippen molar-refractivity contribution in [3.63, 3.8) is 0 Å². The number of carbonyl (C=O) groups is 1. The molecule has 1 aromatic carbocycles. The van der Waals surface area contributed by atoms with E-state index in [9.17, 15) is 18.0 Å². The number of nitrogens with zero attached hydrogens (tertiary/aromatic N) is 1. The van der Waals surface area contributed by atoms with Crippen LogP contribution in [0.4, 0.5) is 23.2 Å². The number of halogens is 5. The molecule has 3 rings (SSSR count). The molecule has 0 spiro atoms. The van der Waals surface area contributed by atoms with Gasteiger partial charge in [-0.15, -0.1) is 0 Å². The van der Waals surface area contributed by atoms with Crippen LogP contribution in [-0.4, -0.2) is 10.9 Å². The molecular weight excluding hydrogens is 384 g/mol. The first-order valence-electron chi connectivity index (χ1n) is 8.17. The Kier molecular flexibility index (Phi) is 5.24. The minimum atomic E-state index is -4.44. The third kappa shape index (κ3) is 4.30. The second kappa shape index (κ2) is 7.31. The third-order valence-electron chi connectivity index (χ3n) is 4.41. The van der Waals surface area contributed by atoms with Crippen LogP contribution in [0.2, 0.25) is 5.02 Å². The van der Waals surface area contributed by atoms with Crippen molar-refractivity contribution in [3.05, 3.63) is 70.5 Å². The lowest BCUT2D eigenvalue weighted by Gasteiger charge is -2.28. The Balaban J connectivity index is 1.69. The van der Waals surface area contributed by atoms with E-state index in [0.717, 1.165) is 12.1 Å². The van der Waals surface area contributed by atoms with Gasteiger partial charge in [-0.25, -0.2) is 4.39 Å². The Hall–Kier alpha value is -2.41. The van der Waals surface area contributed by atoms with Crippen LogP contribution in [0.3, 0.4) is 0 Å². The lowest BCUT2D eigenvalue weighted by atomic mass is 9.84. The van der Waals surface area contributed by atoms with Gasteiger partial charge >= 0.3 is 6.18 Å². The van der Waals surface area contributed by atoms with Crippen molar-refractivity contribution in [2.75, 3.05) is 5.32 Å². The molecule has 142 valence electrons. The van der Waals surface area contributed by atoms with Crippen LogP contribution < -0.4 is 5.32 Å². The minimum Gasteiger partial charge on any atom is -0.322 e. The molecule has 2 aromatic rings. The number of carbonyl (C=O) groups excluding carboxylic acids is 1. The maximum absolute atomic E-state index is 15.2. The summed E-state index contributed by atoms with van der Waals surface area (Å²) >= 11 is 6.02. The zero-order valence-corrected chi connectivity index (χ0v) is 14.7. The number of allylic oxidation sites excluding steroid dienone is 1. The fourth-order valence-corrected chi connectivity index (χ4v) is 3.20. The van der Waals surface area contributed by atoms with Gasteiger partial charge in [-0.1, -0.05) is 17.7 Å². The van der Waals surface area contributed by atoms with E-state index in [0.29, 0.717) is 5.57 Å². The number of hydrogen-bond donors (Lipinski definition) is 1. The molecule has 1 N–H and O–H groups in total. The number of rotatable bonds is 3. The molecule has 1 atom stereocenters. The van der Waals surface area contributed by atoms with Gasteiger partial charge in [-0.05, 0) is 49.2 Å². The standard InChI is InChI=1S/C19H15ClF4N2O/c20-15-2-1-11-25-16(15)18(21)9-7-12(8-10-18)17(27)26-14-5-3-13(4-6-14)19(22,23)24/h1-7,11H,8-10H2,(H,26,27)/t18-/m1/s1. The topological polar surface area (TPSA) is 42.0 Å². The molecule has 1 aliphatic rings. The second-order valence-electron chi connectivity index (χ2n) is 6.26. The summed E-state index contributed by atoms with van der Waals surface area (Å²) in [7, 11) is 0. The van der Waals surface area contributed by atoms with Gasteiger partial charge in [0, 0.05) is 23.9 Å². The van der Waals surface area contributed by atoms with Crippen molar-refractivity contribution in [1.82, 2.24) is 4.98 Å². The normalized spacial score (nSPS) is 20.1. The molecule has 27 heavy (non-hydrogen) atoms. The van der Waals surface area contributed by atoms with Gasteiger partial charge in [-0.3, -0.25) is 9.78 Å². The van der Waals surface area contributed by atoms with Gasteiger partial charge in [0.15, 0.2) is 5.67 Å². The zero-order chi connectivity index (χ0) is 19.7. The Morgan fingerprint density at radius 1 is 1.19 bits per heavy atom. The van der Waals surface area contributed by atoms with Crippen LogP contribution in [0.15, 0.2) is 54.2 Å². The number of anilines is 1. The van der Waals surface area contributed by atoms with Crippen LogP contribution >= 0.6 is 11.6 Å². The predicted molar refractivity (Wildman–Crippen MR) is 94.0 cm³/mol. The summed E-state index contributed by atoms with van der Waals surface area (Å²) in [4.78, 5) is 16.3. The largest absolute Gasteiger partial charge is 0.416 e. The Morgan fingerprint density at radius 3 is 2.44 bits per heavy atom. The van der Waals surface area contributed by atoms with Crippen LogP contribution in [-0.2, 0) is 16.6 Å². The van der Waals surface area contributed by atoms with E-state index in [4.69, 9.17) is 11.6 Å². The molecule has 0 saturated carbocycles. The summed E-state index contributed by atoms with van der Waals surface area (Å²) < 4.78 is 52.9. The number of nitrogens with one attached hydrogen (secondary N) is 1. The van der Waals surface area contributed by atoms with E-state index in [-0.39, 0.29) is 35.7 Å². The maximum Gasteiger partial charge on any atom is 0.416 e. The smallest absolute Gasteiger partial charge is 0.322 e. The van der Waals surface area contributed by atoms with E-state index in [1.807, 2.05) is 0 Å². The summed E-state index contributed by atoms with van der Waals surface area (Å²) in [5, 5.41) is 2.76. The van der Waals surface area contributed by atoms with Gasteiger partial charge in [0.05, 0.1) is 16.3 Å². The first-order chi connectivity index (χ1) is 12.7. The van der Waals surface area contributed by atoms with Crippen LogP contribution in [0.1, 0.15) is 30.5 Å². The van der Waals surface area contributed by atoms with E-state index in [2.05, 4.69) is 10.3 Å². The average Bonchev–Trinajstić information content (AvgIpc) is 2.62. The first kappa shape index (κ1) is 19.4. The molecule has 0 bridgehead atoms.